The number of carbonyl (C=O) groups is 2. The third kappa shape index (κ3) is 9.30. The highest BCUT2D eigenvalue weighted by atomic mass is 32.2. The fourth-order valence-electron chi connectivity index (χ4n) is 4.20. The molecule has 0 spiro atoms. The smallest absolute Gasteiger partial charge is 0.242 e. The number of sulfonamides is 1. The van der Waals surface area contributed by atoms with Gasteiger partial charge < -0.3 is 10.2 Å². The highest BCUT2D eigenvalue weighted by Crippen LogP contribution is 2.22. The van der Waals surface area contributed by atoms with Gasteiger partial charge in [0.05, 0.1) is 11.9 Å². The molecule has 0 aliphatic carbocycles. The summed E-state index contributed by atoms with van der Waals surface area (Å²) in [4.78, 5) is 27.7. The Balaban J connectivity index is 2.11. The molecule has 8 heteroatoms. The number of rotatable bonds is 14. The highest BCUT2D eigenvalue weighted by Gasteiger charge is 2.26. The quantitative estimate of drug-likeness (QED) is 0.382. The summed E-state index contributed by atoms with van der Waals surface area (Å²) in [5, 5.41) is 2.92. The molecular weight excluding hydrogens is 474 g/mol. The van der Waals surface area contributed by atoms with Crippen molar-refractivity contribution in [3.8, 4) is 0 Å². The van der Waals surface area contributed by atoms with Crippen LogP contribution < -0.4 is 9.62 Å². The Morgan fingerprint density at radius 1 is 0.972 bits per heavy atom. The average molecular weight is 516 g/mol. The van der Waals surface area contributed by atoms with Gasteiger partial charge in [-0.1, -0.05) is 49.7 Å². The third-order valence-electron chi connectivity index (χ3n) is 6.13. The van der Waals surface area contributed by atoms with Gasteiger partial charge in [0, 0.05) is 26.1 Å². The van der Waals surface area contributed by atoms with Gasteiger partial charge >= 0.3 is 0 Å². The first-order chi connectivity index (χ1) is 17.0. The second-order valence-corrected chi connectivity index (χ2v) is 11.3. The van der Waals surface area contributed by atoms with Crippen LogP contribution in [0.5, 0.6) is 0 Å². The van der Waals surface area contributed by atoms with Gasteiger partial charge in [0.2, 0.25) is 21.8 Å². The summed E-state index contributed by atoms with van der Waals surface area (Å²) in [6, 6.07) is 14.9. The first-order valence-corrected chi connectivity index (χ1v) is 14.5. The van der Waals surface area contributed by atoms with E-state index < -0.39 is 16.1 Å². The average Bonchev–Trinajstić information content (AvgIpc) is 2.81. The molecule has 0 unspecified atom stereocenters. The molecule has 2 aromatic rings. The molecule has 0 heterocycles. The number of aryl methyl sites for hydroxylation is 2. The van der Waals surface area contributed by atoms with Gasteiger partial charge in [0.15, 0.2) is 0 Å². The molecule has 2 amide bonds. The topological polar surface area (TPSA) is 86.8 Å². The lowest BCUT2D eigenvalue weighted by Crippen LogP contribution is -2.49. The van der Waals surface area contributed by atoms with E-state index in [1.807, 2.05) is 62.4 Å². The number of nitrogens with one attached hydrogen (secondary N) is 1. The number of carbonyl (C=O) groups excluding carboxylic acids is 2. The molecule has 2 aromatic carbocycles. The zero-order chi connectivity index (χ0) is 26.7. The van der Waals surface area contributed by atoms with Crippen molar-refractivity contribution in [3.05, 3.63) is 65.2 Å². The van der Waals surface area contributed by atoms with E-state index in [4.69, 9.17) is 0 Å². The van der Waals surface area contributed by atoms with Crippen LogP contribution in [0.15, 0.2) is 48.5 Å². The van der Waals surface area contributed by atoms with Gasteiger partial charge in [0.25, 0.3) is 0 Å². The normalized spacial score (nSPS) is 12.1. The summed E-state index contributed by atoms with van der Waals surface area (Å²) in [7, 11) is -3.51. The van der Waals surface area contributed by atoms with Crippen molar-refractivity contribution in [2.75, 3.05) is 30.2 Å². The number of hydrogen-bond donors (Lipinski definition) is 1. The van der Waals surface area contributed by atoms with Crippen molar-refractivity contribution in [2.24, 2.45) is 0 Å². The van der Waals surface area contributed by atoms with Gasteiger partial charge in [0.1, 0.15) is 6.04 Å². The van der Waals surface area contributed by atoms with Gasteiger partial charge in [-0.25, -0.2) is 8.42 Å². The molecule has 0 radical (unpaired) electrons. The minimum Gasteiger partial charge on any atom is -0.354 e. The van der Waals surface area contributed by atoms with Crippen molar-refractivity contribution in [1.82, 2.24) is 10.2 Å². The molecule has 0 aromatic heterocycles. The summed E-state index contributed by atoms with van der Waals surface area (Å²) in [6.07, 6.45) is 4.18. The van der Waals surface area contributed by atoms with Crippen LogP contribution in [0.1, 0.15) is 56.2 Å². The lowest BCUT2D eigenvalue weighted by molar-refractivity contribution is -0.139. The molecule has 198 valence electrons. The van der Waals surface area contributed by atoms with E-state index in [-0.39, 0.29) is 24.8 Å². The largest absolute Gasteiger partial charge is 0.354 e. The Kier molecular flexibility index (Phi) is 11.4. The Labute approximate surface area is 216 Å². The standard InChI is InChI=1S/C28H41N3O4S/c1-6-7-16-29-28(33)24(4)30(18-15-25-12-9-8-10-13-25)27(32)14-11-17-31(36(5,34)35)26-20-22(2)19-23(3)21-26/h8-10,12-13,19-21,24H,6-7,11,14-18H2,1-5H3,(H,29,33)/t24-/m0/s1. The molecule has 0 aliphatic rings. The van der Waals surface area contributed by atoms with Gasteiger partial charge in [-0.3, -0.25) is 13.9 Å². The Bertz CT molecular complexity index is 1080. The summed E-state index contributed by atoms with van der Waals surface area (Å²) in [6.45, 7) is 8.86. The predicted octanol–water partition coefficient (Wildman–Crippen LogP) is 4.23. The van der Waals surface area contributed by atoms with E-state index in [2.05, 4.69) is 12.2 Å². The van der Waals surface area contributed by atoms with Crippen LogP contribution in [0.4, 0.5) is 5.69 Å². The molecule has 1 atom stereocenters. The van der Waals surface area contributed by atoms with Crippen molar-refractivity contribution < 1.29 is 18.0 Å². The number of unbranched alkanes of at least 4 members (excludes halogenated alkanes) is 1. The minimum atomic E-state index is -3.51. The number of amides is 2. The van der Waals surface area contributed by atoms with Crippen molar-refractivity contribution >= 4 is 27.5 Å². The predicted molar refractivity (Wildman–Crippen MR) is 147 cm³/mol. The molecule has 0 saturated carbocycles. The lowest BCUT2D eigenvalue weighted by Gasteiger charge is -2.29. The van der Waals surface area contributed by atoms with Crippen LogP contribution in [-0.2, 0) is 26.0 Å². The zero-order valence-corrected chi connectivity index (χ0v) is 23.1. The van der Waals surface area contributed by atoms with Crippen LogP contribution >= 0.6 is 0 Å². The van der Waals surface area contributed by atoms with E-state index in [0.717, 1.165) is 29.5 Å². The fourth-order valence-corrected chi connectivity index (χ4v) is 5.15. The fraction of sp³-hybridized carbons (Fsp3) is 0.500. The maximum atomic E-state index is 13.3. The van der Waals surface area contributed by atoms with Crippen LogP contribution in [0, 0.1) is 13.8 Å². The summed E-state index contributed by atoms with van der Waals surface area (Å²) >= 11 is 0. The summed E-state index contributed by atoms with van der Waals surface area (Å²) in [5.74, 6) is -0.323. The maximum absolute atomic E-state index is 13.3. The van der Waals surface area contributed by atoms with E-state index in [1.54, 1.807) is 11.8 Å². The molecule has 0 saturated heterocycles. The maximum Gasteiger partial charge on any atom is 0.242 e. The first kappa shape index (κ1) is 29.4. The minimum absolute atomic E-state index is 0.151. The third-order valence-corrected chi connectivity index (χ3v) is 7.32. The Morgan fingerprint density at radius 2 is 1.61 bits per heavy atom. The van der Waals surface area contributed by atoms with Crippen LogP contribution in [-0.4, -0.2) is 57.1 Å². The molecule has 7 nitrogen and oxygen atoms in total. The van der Waals surface area contributed by atoms with Crippen molar-refractivity contribution in [3.63, 3.8) is 0 Å². The molecule has 1 N–H and O–H groups in total. The van der Waals surface area contributed by atoms with E-state index in [1.165, 1.54) is 10.6 Å². The second kappa shape index (κ2) is 14.0. The number of hydrogen-bond acceptors (Lipinski definition) is 4. The SMILES string of the molecule is CCCCNC(=O)[C@H](C)N(CCc1ccccc1)C(=O)CCCN(c1cc(C)cc(C)c1)S(C)(=O)=O. The van der Waals surface area contributed by atoms with Gasteiger partial charge in [-0.05, 0) is 68.9 Å². The molecule has 0 aliphatic heterocycles. The number of benzene rings is 2. The monoisotopic (exact) mass is 515 g/mol. The highest BCUT2D eigenvalue weighted by molar-refractivity contribution is 7.92. The number of nitrogens with zero attached hydrogens (tertiary/aromatic N) is 2. The van der Waals surface area contributed by atoms with Gasteiger partial charge in [-0.15, -0.1) is 0 Å². The van der Waals surface area contributed by atoms with Crippen molar-refractivity contribution in [2.45, 2.75) is 65.8 Å². The second-order valence-electron chi connectivity index (χ2n) is 9.43. The Morgan fingerprint density at radius 3 is 2.19 bits per heavy atom. The molecule has 36 heavy (non-hydrogen) atoms. The molecular formula is C28H41N3O4S. The van der Waals surface area contributed by atoms with Gasteiger partial charge in [-0.2, -0.15) is 0 Å². The molecule has 0 fully saturated rings. The zero-order valence-electron chi connectivity index (χ0n) is 22.3. The van der Waals surface area contributed by atoms with E-state index >= 15 is 0 Å². The Hall–Kier alpha value is -2.87. The summed E-state index contributed by atoms with van der Waals surface area (Å²) in [5.41, 5.74) is 3.65. The number of anilines is 1. The molecule has 2 rings (SSSR count). The van der Waals surface area contributed by atoms with Crippen LogP contribution in [0.25, 0.3) is 0 Å². The van der Waals surface area contributed by atoms with E-state index in [0.29, 0.717) is 31.6 Å². The molecule has 0 bridgehead atoms. The first-order valence-electron chi connectivity index (χ1n) is 12.7. The summed E-state index contributed by atoms with van der Waals surface area (Å²) < 4.78 is 26.4. The van der Waals surface area contributed by atoms with E-state index in [9.17, 15) is 18.0 Å². The van der Waals surface area contributed by atoms with Crippen LogP contribution in [0.2, 0.25) is 0 Å². The van der Waals surface area contributed by atoms with Crippen molar-refractivity contribution in [1.29, 1.82) is 0 Å². The lowest BCUT2D eigenvalue weighted by atomic mass is 10.1. The van der Waals surface area contributed by atoms with Crippen LogP contribution in [0.3, 0.4) is 0 Å².